The maximum atomic E-state index is 10.3. The van der Waals surface area contributed by atoms with Crippen molar-refractivity contribution in [3.63, 3.8) is 0 Å². The van der Waals surface area contributed by atoms with Crippen LogP contribution in [-0.4, -0.2) is 38.5 Å². The molecule has 0 aromatic heterocycles. The van der Waals surface area contributed by atoms with Gasteiger partial charge >= 0.3 is 6.09 Å². The number of ether oxygens (including phenoxy) is 1. The molecule has 0 fully saturated rings. The molecule has 0 aliphatic carbocycles. The minimum atomic E-state index is -0.580. The lowest BCUT2D eigenvalue weighted by molar-refractivity contribution is 0.182. The van der Waals surface area contributed by atoms with Crippen molar-refractivity contribution in [2.75, 3.05) is 21.2 Å². The van der Waals surface area contributed by atoms with E-state index in [1.54, 1.807) is 19.0 Å². The van der Waals surface area contributed by atoms with Crippen LogP contribution in [0.3, 0.4) is 0 Å². The molecular formula is C5H10N2O2. The average Bonchev–Trinajstić information content (AvgIpc) is 1.83. The second kappa shape index (κ2) is 3.88. The summed E-state index contributed by atoms with van der Waals surface area (Å²) in [6.07, 6.45) is 0.801. The van der Waals surface area contributed by atoms with Crippen molar-refractivity contribution < 1.29 is 9.53 Å². The molecule has 52 valence electrons. The minimum absolute atomic E-state index is 0.580. The van der Waals surface area contributed by atoms with Gasteiger partial charge in [-0.15, -0.1) is 0 Å². The summed E-state index contributed by atoms with van der Waals surface area (Å²) in [7, 11) is 4.83. The molecule has 0 aliphatic rings. The standard InChI is InChI=1S/C5H10N2O2/c1-7(2)4-6-5(8)9-3/h4H,1-3H3. The predicted molar refractivity (Wildman–Crippen MR) is 34.6 cm³/mol. The van der Waals surface area contributed by atoms with E-state index in [2.05, 4.69) is 9.73 Å². The van der Waals surface area contributed by atoms with Crippen LogP contribution in [0.25, 0.3) is 0 Å². The minimum Gasteiger partial charge on any atom is -0.451 e. The number of methoxy groups -OCH3 is 1. The van der Waals surface area contributed by atoms with Crippen LogP contribution in [0.15, 0.2) is 4.99 Å². The monoisotopic (exact) mass is 130 g/mol. The number of aliphatic imine (C=N–C) groups is 1. The molecule has 9 heavy (non-hydrogen) atoms. The Balaban J connectivity index is 3.57. The zero-order valence-electron chi connectivity index (χ0n) is 5.79. The summed E-state index contributed by atoms with van der Waals surface area (Å²) in [5.74, 6) is 0. The summed E-state index contributed by atoms with van der Waals surface area (Å²) >= 11 is 0. The Kier molecular flexibility index (Phi) is 3.43. The third-order valence-electron chi connectivity index (χ3n) is 0.569. The highest BCUT2D eigenvalue weighted by molar-refractivity contribution is 5.77. The quantitative estimate of drug-likeness (QED) is 0.379. The Morgan fingerprint density at radius 2 is 2.22 bits per heavy atom. The van der Waals surface area contributed by atoms with Crippen molar-refractivity contribution in [3.05, 3.63) is 0 Å². The zero-order chi connectivity index (χ0) is 7.28. The summed E-state index contributed by atoms with van der Waals surface area (Å²) in [6, 6.07) is 0. The van der Waals surface area contributed by atoms with E-state index in [9.17, 15) is 4.79 Å². The van der Waals surface area contributed by atoms with Gasteiger partial charge in [0.25, 0.3) is 0 Å². The van der Waals surface area contributed by atoms with Crippen LogP contribution in [0.1, 0.15) is 0 Å². The fraction of sp³-hybridized carbons (Fsp3) is 0.600. The molecule has 0 heterocycles. The van der Waals surface area contributed by atoms with Gasteiger partial charge in [-0.2, -0.15) is 4.99 Å². The van der Waals surface area contributed by atoms with Gasteiger partial charge in [-0.3, -0.25) is 0 Å². The molecule has 0 atom stereocenters. The molecule has 0 saturated heterocycles. The molecule has 0 rings (SSSR count). The molecule has 0 aromatic rings. The number of hydrogen-bond acceptors (Lipinski definition) is 2. The fourth-order valence-electron chi connectivity index (χ4n) is 0.215. The van der Waals surface area contributed by atoms with Gasteiger partial charge in [-0.25, -0.2) is 4.79 Å². The van der Waals surface area contributed by atoms with Crippen molar-refractivity contribution >= 4 is 12.4 Å². The number of nitrogens with zero attached hydrogens (tertiary/aromatic N) is 2. The normalized spacial score (nSPS) is 9.67. The van der Waals surface area contributed by atoms with Gasteiger partial charge in [0.05, 0.1) is 13.4 Å². The fourth-order valence-corrected chi connectivity index (χ4v) is 0.215. The van der Waals surface area contributed by atoms with E-state index >= 15 is 0 Å². The lowest BCUT2D eigenvalue weighted by Gasteiger charge is -1.99. The van der Waals surface area contributed by atoms with Gasteiger partial charge in [0.1, 0.15) is 0 Å². The maximum Gasteiger partial charge on any atom is 0.434 e. The van der Waals surface area contributed by atoms with E-state index < -0.39 is 6.09 Å². The van der Waals surface area contributed by atoms with Crippen LogP contribution in [0.2, 0.25) is 0 Å². The molecule has 0 bridgehead atoms. The summed E-state index contributed by atoms with van der Waals surface area (Å²) in [6.45, 7) is 0. The molecular weight excluding hydrogens is 120 g/mol. The van der Waals surface area contributed by atoms with Crippen molar-refractivity contribution in [1.82, 2.24) is 4.90 Å². The summed E-state index contributed by atoms with van der Waals surface area (Å²) in [4.78, 5) is 15.3. The number of hydrogen-bond donors (Lipinski definition) is 0. The van der Waals surface area contributed by atoms with Gasteiger partial charge in [0, 0.05) is 14.1 Å². The van der Waals surface area contributed by atoms with Crippen LogP contribution < -0.4 is 0 Å². The number of amides is 1. The Morgan fingerprint density at radius 3 is 2.56 bits per heavy atom. The van der Waals surface area contributed by atoms with Gasteiger partial charge in [-0.05, 0) is 0 Å². The molecule has 1 amide bonds. The van der Waals surface area contributed by atoms with Crippen LogP contribution in [0.5, 0.6) is 0 Å². The first kappa shape index (κ1) is 7.94. The first-order valence-corrected chi connectivity index (χ1v) is 2.45. The first-order valence-electron chi connectivity index (χ1n) is 2.45. The predicted octanol–water partition coefficient (Wildman–Crippen LogP) is 0.343. The lowest BCUT2D eigenvalue weighted by atomic mass is 10.9. The highest BCUT2D eigenvalue weighted by atomic mass is 16.5. The van der Waals surface area contributed by atoms with E-state index in [0.29, 0.717) is 0 Å². The zero-order valence-corrected chi connectivity index (χ0v) is 5.79. The summed E-state index contributed by atoms with van der Waals surface area (Å²) in [5.41, 5.74) is 0. The molecule has 0 aliphatic heterocycles. The average molecular weight is 130 g/mol. The Morgan fingerprint density at radius 1 is 1.67 bits per heavy atom. The lowest BCUT2D eigenvalue weighted by Crippen LogP contribution is -2.09. The van der Waals surface area contributed by atoms with Crippen LogP contribution in [-0.2, 0) is 4.74 Å². The summed E-state index contributed by atoms with van der Waals surface area (Å²) in [5, 5.41) is 0. The van der Waals surface area contributed by atoms with E-state index in [1.807, 2.05) is 0 Å². The first-order chi connectivity index (χ1) is 4.16. The second-order valence-electron chi connectivity index (χ2n) is 1.68. The van der Waals surface area contributed by atoms with E-state index in [0.717, 1.165) is 0 Å². The molecule has 0 saturated carbocycles. The van der Waals surface area contributed by atoms with Gasteiger partial charge in [0.2, 0.25) is 0 Å². The SMILES string of the molecule is COC(=O)N=CN(C)C. The van der Waals surface area contributed by atoms with E-state index in [1.165, 1.54) is 13.4 Å². The third kappa shape index (κ3) is 4.80. The van der Waals surface area contributed by atoms with Crippen LogP contribution >= 0.6 is 0 Å². The van der Waals surface area contributed by atoms with Crippen LogP contribution in [0, 0.1) is 0 Å². The van der Waals surface area contributed by atoms with Crippen molar-refractivity contribution in [3.8, 4) is 0 Å². The maximum absolute atomic E-state index is 10.3. The summed E-state index contributed by atoms with van der Waals surface area (Å²) < 4.78 is 4.24. The molecule has 0 aromatic carbocycles. The van der Waals surface area contributed by atoms with Crippen molar-refractivity contribution in [1.29, 1.82) is 0 Å². The highest BCUT2D eigenvalue weighted by Gasteiger charge is 1.89. The number of rotatable bonds is 1. The molecule has 0 unspecified atom stereocenters. The molecule has 0 N–H and O–H groups in total. The van der Waals surface area contributed by atoms with Crippen LogP contribution in [0.4, 0.5) is 4.79 Å². The smallest absolute Gasteiger partial charge is 0.434 e. The topological polar surface area (TPSA) is 41.9 Å². The number of carbonyl (C=O) groups is 1. The van der Waals surface area contributed by atoms with E-state index in [4.69, 9.17) is 0 Å². The molecule has 4 nitrogen and oxygen atoms in total. The van der Waals surface area contributed by atoms with Gasteiger partial charge in [-0.1, -0.05) is 0 Å². The Labute approximate surface area is 54.1 Å². The second-order valence-corrected chi connectivity index (χ2v) is 1.68. The van der Waals surface area contributed by atoms with Crippen molar-refractivity contribution in [2.45, 2.75) is 0 Å². The van der Waals surface area contributed by atoms with Gasteiger partial charge in [0.15, 0.2) is 0 Å². The third-order valence-corrected chi connectivity index (χ3v) is 0.569. The molecule has 0 spiro atoms. The van der Waals surface area contributed by atoms with Gasteiger partial charge < -0.3 is 9.64 Å². The number of carbonyl (C=O) groups excluding carboxylic acids is 1. The molecule has 0 radical (unpaired) electrons. The van der Waals surface area contributed by atoms with Crippen molar-refractivity contribution in [2.24, 2.45) is 4.99 Å². The Hall–Kier alpha value is -1.06. The highest BCUT2D eigenvalue weighted by Crippen LogP contribution is 1.77. The Bertz CT molecular complexity index is 120. The largest absolute Gasteiger partial charge is 0.451 e. The van der Waals surface area contributed by atoms with E-state index in [-0.39, 0.29) is 0 Å². The molecule has 4 heteroatoms.